The molecule has 0 spiro atoms. The van der Waals surface area contributed by atoms with Gasteiger partial charge in [0.25, 0.3) is 0 Å². The summed E-state index contributed by atoms with van der Waals surface area (Å²) in [7, 11) is 0. The Kier molecular flexibility index (Phi) is 2.86. The molecular formula is C10H14N2. The average Bonchev–Trinajstić information content (AvgIpc) is 2.05. The zero-order valence-corrected chi connectivity index (χ0v) is 7.54. The van der Waals surface area contributed by atoms with Gasteiger partial charge in [-0.3, -0.25) is 4.98 Å². The van der Waals surface area contributed by atoms with Crippen LogP contribution in [0.3, 0.4) is 0 Å². The molecule has 64 valence electrons. The quantitative estimate of drug-likeness (QED) is 0.735. The second-order valence-electron chi connectivity index (χ2n) is 3.02. The van der Waals surface area contributed by atoms with Crippen molar-refractivity contribution >= 4 is 5.70 Å². The molecule has 0 bridgehead atoms. The summed E-state index contributed by atoms with van der Waals surface area (Å²) < 4.78 is 0. The van der Waals surface area contributed by atoms with Crippen LogP contribution in [0.15, 0.2) is 31.1 Å². The van der Waals surface area contributed by atoms with Crippen LogP contribution in [0, 0.1) is 0 Å². The lowest BCUT2D eigenvalue weighted by molar-refractivity contribution is 0.718. The number of rotatable bonds is 3. The van der Waals surface area contributed by atoms with E-state index in [1.165, 1.54) is 0 Å². The molecule has 0 aliphatic heterocycles. The minimum Gasteiger partial charge on any atom is -0.383 e. The van der Waals surface area contributed by atoms with Gasteiger partial charge in [0, 0.05) is 29.7 Å². The van der Waals surface area contributed by atoms with Crippen LogP contribution in [0.1, 0.15) is 19.4 Å². The Morgan fingerprint density at radius 3 is 2.83 bits per heavy atom. The van der Waals surface area contributed by atoms with Crippen molar-refractivity contribution in [3.63, 3.8) is 0 Å². The summed E-state index contributed by atoms with van der Waals surface area (Å²) in [6, 6.07) is 4.31. The van der Waals surface area contributed by atoms with Crippen molar-refractivity contribution in [2.75, 3.05) is 0 Å². The van der Waals surface area contributed by atoms with Crippen molar-refractivity contribution in [2.24, 2.45) is 0 Å². The number of nitrogens with zero attached hydrogens (tertiary/aromatic N) is 1. The van der Waals surface area contributed by atoms with Gasteiger partial charge in [0.05, 0.1) is 0 Å². The van der Waals surface area contributed by atoms with Gasteiger partial charge in [0.15, 0.2) is 0 Å². The summed E-state index contributed by atoms with van der Waals surface area (Å²) in [6.07, 6.45) is 3.56. The predicted molar refractivity (Wildman–Crippen MR) is 51.5 cm³/mol. The highest BCUT2D eigenvalue weighted by molar-refractivity contribution is 5.60. The number of pyridine rings is 1. The summed E-state index contributed by atoms with van der Waals surface area (Å²) in [4.78, 5) is 4.01. The van der Waals surface area contributed by atoms with Gasteiger partial charge in [-0.05, 0) is 26.0 Å². The van der Waals surface area contributed by atoms with Crippen molar-refractivity contribution in [1.29, 1.82) is 0 Å². The molecular weight excluding hydrogens is 148 g/mol. The average molecular weight is 162 g/mol. The van der Waals surface area contributed by atoms with Gasteiger partial charge in [-0.25, -0.2) is 0 Å². The Morgan fingerprint density at radius 1 is 1.58 bits per heavy atom. The molecule has 0 radical (unpaired) electrons. The van der Waals surface area contributed by atoms with Crippen molar-refractivity contribution in [2.45, 2.75) is 19.9 Å². The molecule has 0 aliphatic rings. The third-order valence-electron chi connectivity index (χ3n) is 1.47. The fourth-order valence-electron chi connectivity index (χ4n) is 0.973. The maximum absolute atomic E-state index is 4.01. The minimum atomic E-state index is 0.415. The molecule has 1 rings (SSSR count). The molecule has 0 atom stereocenters. The molecule has 0 amide bonds. The molecule has 1 heterocycles. The standard InChI is InChI=1S/C10H14N2/c1-8(2)12-9(3)10-5-4-6-11-7-10/h4-8,12H,3H2,1-2H3. The first-order valence-electron chi connectivity index (χ1n) is 4.06. The first kappa shape index (κ1) is 8.78. The number of hydrogen-bond donors (Lipinski definition) is 1. The van der Waals surface area contributed by atoms with Gasteiger partial charge in [-0.2, -0.15) is 0 Å². The molecule has 1 aromatic rings. The van der Waals surface area contributed by atoms with Crippen molar-refractivity contribution in [3.8, 4) is 0 Å². The summed E-state index contributed by atoms with van der Waals surface area (Å²) in [5.74, 6) is 0. The number of hydrogen-bond acceptors (Lipinski definition) is 2. The van der Waals surface area contributed by atoms with Gasteiger partial charge in [-0.1, -0.05) is 6.58 Å². The monoisotopic (exact) mass is 162 g/mol. The summed E-state index contributed by atoms with van der Waals surface area (Å²) >= 11 is 0. The van der Waals surface area contributed by atoms with E-state index in [-0.39, 0.29) is 0 Å². The van der Waals surface area contributed by atoms with Crippen LogP contribution >= 0.6 is 0 Å². The lowest BCUT2D eigenvalue weighted by Crippen LogP contribution is -2.20. The summed E-state index contributed by atoms with van der Waals surface area (Å²) in [5, 5.41) is 3.22. The largest absolute Gasteiger partial charge is 0.383 e. The topological polar surface area (TPSA) is 24.9 Å². The molecule has 1 aromatic heterocycles. The van der Waals surface area contributed by atoms with E-state index in [1.807, 2.05) is 12.1 Å². The van der Waals surface area contributed by atoms with Gasteiger partial charge in [-0.15, -0.1) is 0 Å². The van der Waals surface area contributed by atoms with Crippen LogP contribution in [-0.2, 0) is 0 Å². The normalized spacial score (nSPS) is 9.92. The van der Waals surface area contributed by atoms with Gasteiger partial charge in [0.2, 0.25) is 0 Å². The first-order chi connectivity index (χ1) is 5.70. The van der Waals surface area contributed by atoms with E-state index in [4.69, 9.17) is 0 Å². The first-order valence-corrected chi connectivity index (χ1v) is 4.06. The Bertz CT molecular complexity index is 252. The Labute approximate surface area is 73.3 Å². The van der Waals surface area contributed by atoms with E-state index in [2.05, 4.69) is 30.7 Å². The summed E-state index contributed by atoms with van der Waals surface area (Å²) in [5.41, 5.74) is 1.98. The lowest BCUT2D eigenvalue weighted by atomic mass is 10.2. The second kappa shape index (κ2) is 3.90. The fourth-order valence-corrected chi connectivity index (χ4v) is 0.973. The van der Waals surface area contributed by atoms with Crippen LogP contribution in [0.25, 0.3) is 5.70 Å². The molecule has 0 aliphatic carbocycles. The van der Waals surface area contributed by atoms with Crippen molar-refractivity contribution in [3.05, 3.63) is 36.7 Å². The van der Waals surface area contributed by atoms with Gasteiger partial charge in [0.1, 0.15) is 0 Å². The zero-order valence-electron chi connectivity index (χ0n) is 7.54. The van der Waals surface area contributed by atoms with E-state index in [0.717, 1.165) is 11.3 Å². The smallest absolute Gasteiger partial charge is 0.0360 e. The van der Waals surface area contributed by atoms with E-state index >= 15 is 0 Å². The molecule has 0 saturated carbocycles. The van der Waals surface area contributed by atoms with Crippen LogP contribution in [-0.4, -0.2) is 11.0 Å². The van der Waals surface area contributed by atoms with E-state index in [9.17, 15) is 0 Å². The highest BCUT2D eigenvalue weighted by Crippen LogP contribution is 2.06. The molecule has 0 unspecified atom stereocenters. The van der Waals surface area contributed by atoms with Crippen LogP contribution in [0.4, 0.5) is 0 Å². The van der Waals surface area contributed by atoms with Crippen LogP contribution in [0.2, 0.25) is 0 Å². The molecule has 12 heavy (non-hydrogen) atoms. The van der Waals surface area contributed by atoms with Gasteiger partial charge < -0.3 is 5.32 Å². The maximum atomic E-state index is 4.01. The number of aromatic nitrogens is 1. The van der Waals surface area contributed by atoms with Crippen molar-refractivity contribution in [1.82, 2.24) is 10.3 Å². The Morgan fingerprint density at radius 2 is 2.33 bits per heavy atom. The zero-order chi connectivity index (χ0) is 8.97. The minimum absolute atomic E-state index is 0.415. The third-order valence-corrected chi connectivity index (χ3v) is 1.47. The van der Waals surface area contributed by atoms with E-state index < -0.39 is 0 Å². The highest BCUT2D eigenvalue weighted by atomic mass is 14.9. The molecule has 2 nitrogen and oxygen atoms in total. The maximum Gasteiger partial charge on any atom is 0.0360 e. The van der Waals surface area contributed by atoms with Crippen molar-refractivity contribution < 1.29 is 0 Å². The second-order valence-corrected chi connectivity index (χ2v) is 3.02. The molecule has 0 saturated heterocycles. The summed E-state index contributed by atoms with van der Waals surface area (Å²) in [6.45, 7) is 8.08. The lowest BCUT2D eigenvalue weighted by Gasteiger charge is -2.11. The van der Waals surface area contributed by atoms with Crippen LogP contribution in [0.5, 0.6) is 0 Å². The number of nitrogens with one attached hydrogen (secondary N) is 1. The van der Waals surface area contributed by atoms with E-state index in [1.54, 1.807) is 12.4 Å². The van der Waals surface area contributed by atoms with Crippen LogP contribution < -0.4 is 5.32 Å². The Hall–Kier alpha value is -1.31. The molecule has 0 aromatic carbocycles. The predicted octanol–water partition coefficient (Wildman–Crippen LogP) is 2.05. The molecule has 2 heteroatoms. The Balaban J connectivity index is 2.66. The molecule has 0 fully saturated rings. The molecule has 1 N–H and O–H groups in total. The van der Waals surface area contributed by atoms with Gasteiger partial charge >= 0.3 is 0 Å². The fraction of sp³-hybridized carbons (Fsp3) is 0.300. The third kappa shape index (κ3) is 2.38. The SMILES string of the molecule is C=C(NC(C)C)c1cccnc1. The highest BCUT2D eigenvalue weighted by Gasteiger charge is 1.98. The van der Waals surface area contributed by atoms with E-state index in [0.29, 0.717) is 6.04 Å².